The minimum atomic E-state index is -0.476. The highest BCUT2D eigenvalue weighted by Gasteiger charge is 2.20. The number of nitrogens with one attached hydrogen (secondary N) is 1. The largest absolute Gasteiger partial charge is 0.461 e. The second-order valence-electron chi connectivity index (χ2n) is 8.26. The maximum absolute atomic E-state index is 13.0. The van der Waals surface area contributed by atoms with Crippen LogP contribution in [0.25, 0.3) is 11.2 Å². The number of aromatic amines is 1. The molecule has 0 bridgehead atoms. The number of unbranched alkanes of at least 4 members (excludes halogenated alkanes) is 1. The highest BCUT2D eigenvalue weighted by Crippen LogP contribution is 2.16. The van der Waals surface area contributed by atoms with Gasteiger partial charge in [-0.05, 0) is 30.0 Å². The molecule has 2 heterocycles. The van der Waals surface area contributed by atoms with Crippen LogP contribution in [0.15, 0.2) is 33.9 Å². The molecule has 32 heavy (non-hydrogen) atoms. The van der Waals surface area contributed by atoms with Crippen molar-refractivity contribution >= 4 is 17.1 Å². The van der Waals surface area contributed by atoms with Crippen LogP contribution >= 0.6 is 0 Å². The van der Waals surface area contributed by atoms with Gasteiger partial charge in [-0.15, -0.1) is 0 Å². The Morgan fingerprint density at radius 2 is 1.91 bits per heavy atom. The van der Waals surface area contributed by atoms with Gasteiger partial charge in [0.1, 0.15) is 18.2 Å². The van der Waals surface area contributed by atoms with E-state index in [0.717, 1.165) is 12.8 Å². The number of carbonyl (C=O) groups excluding carboxylic acids is 1. The summed E-state index contributed by atoms with van der Waals surface area (Å²) < 4.78 is 21.6. The van der Waals surface area contributed by atoms with Crippen LogP contribution in [0.4, 0.5) is 4.39 Å². The van der Waals surface area contributed by atoms with Crippen molar-refractivity contribution in [2.75, 3.05) is 0 Å². The summed E-state index contributed by atoms with van der Waals surface area (Å²) in [6.07, 6.45) is 2.01. The Kier molecular flexibility index (Phi) is 7.61. The number of hydrogen-bond donors (Lipinski definition) is 1. The van der Waals surface area contributed by atoms with E-state index in [9.17, 15) is 18.8 Å². The Bertz CT molecular complexity index is 1190. The molecule has 9 heteroatoms. The molecular formula is C23H29FN4O4. The first-order valence-corrected chi connectivity index (χ1v) is 10.9. The van der Waals surface area contributed by atoms with E-state index in [1.54, 1.807) is 16.7 Å². The Morgan fingerprint density at radius 1 is 1.19 bits per heavy atom. The van der Waals surface area contributed by atoms with E-state index in [-0.39, 0.29) is 31.2 Å². The van der Waals surface area contributed by atoms with Gasteiger partial charge in [0.05, 0.1) is 6.42 Å². The summed E-state index contributed by atoms with van der Waals surface area (Å²) >= 11 is 0. The minimum absolute atomic E-state index is 0.0533. The lowest BCUT2D eigenvalue weighted by molar-refractivity contribution is -0.144. The number of esters is 1. The van der Waals surface area contributed by atoms with Crippen LogP contribution in [0.1, 0.15) is 51.4 Å². The highest BCUT2D eigenvalue weighted by molar-refractivity contribution is 5.72. The Balaban J connectivity index is 1.83. The number of hydrogen-bond acceptors (Lipinski definition) is 5. The number of carbonyl (C=O) groups is 1. The molecule has 8 nitrogen and oxygen atoms in total. The van der Waals surface area contributed by atoms with E-state index < -0.39 is 17.2 Å². The fraction of sp³-hybridized carbons (Fsp3) is 0.478. The Labute approximate surface area is 185 Å². The molecular weight excluding hydrogens is 415 g/mol. The van der Waals surface area contributed by atoms with Gasteiger partial charge in [-0.1, -0.05) is 39.3 Å². The maximum atomic E-state index is 13.0. The zero-order chi connectivity index (χ0) is 23.3. The summed E-state index contributed by atoms with van der Waals surface area (Å²) in [6, 6.07) is 5.75. The average Bonchev–Trinajstić information content (AvgIpc) is 3.09. The van der Waals surface area contributed by atoms with E-state index in [0.29, 0.717) is 35.6 Å². The van der Waals surface area contributed by atoms with Gasteiger partial charge in [-0.2, -0.15) is 0 Å². The fourth-order valence-electron chi connectivity index (χ4n) is 3.52. The quantitative estimate of drug-likeness (QED) is 0.484. The van der Waals surface area contributed by atoms with Crippen molar-refractivity contribution in [3.8, 4) is 0 Å². The lowest BCUT2D eigenvalue weighted by Crippen LogP contribution is -2.31. The van der Waals surface area contributed by atoms with Crippen LogP contribution in [-0.2, 0) is 35.6 Å². The first-order valence-electron chi connectivity index (χ1n) is 10.9. The monoisotopic (exact) mass is 444 g/mol. The van der Waals surface area contributed by atoms with Gasteiger partial charge in [0.25, 0.3) is 5.56 Å². The molecule has 1 aromatic carbocycles. The molecule has 0 saturated heterocycles. The Morgan fingerprint density at radius 3 is 2.56 bits per heavy atom. The SMILES string of the molecule is CCCCn1c(=O)[nH]c(=O)c2c1nc(CCC(=O)OCc1ccc(F)cc1)n2CC(C)C. The third-order valence-electron chi connectivity index (χ3n) is 5.11. The van der Waals surface area contributed by atoms with Gasteiger partial charge in [0.2, 0.25) is 0 Å². The lowest BCUT2D eigenvalue weighted by Gasteiger charge is -2.11. The molecule has 0 radical (unpaired) electrons. The predicted octanol–water partition coefficient (Wildman–Crippen LogP) is 3.16. The van der Waals surface area contributed by atoms with Crippen LogP contribution in [0.2, 0.25) is 0 Å². The smallest absolute Gasteiger partial charge is 0.330 e. The number of halogens is 1. The third kappa shape index (κ3) is 5.52. The summed E-state index contributed by atoms with van der Waals surface area (Å²) in [4.78, 5) is 44.3. The molecule has 1 N–H and O–H groups in total. The normalized spacial score (nSPS) is 11.4. The van der Waals surface area contributed by atoms with E-state index >= 15 is 0 Å². The molecule has 0 unspecified atom stereocenters. The van der Waals surface area contributed by atoms with Crippen molar-refractivity contribution < 1.29 is 13.9 Å². The lowest BCUT2D eigenvalue weighted by atomic mass is 10.2. The standard InChI is InChI=1S/C23H29FN4O4/c1-4-5-12-27-21-20(22(30)26-23(27)31)28(13-15(2)3)18(25-21)10-11-19(29)32-14-16-6-8-17(24)9-7-16/h6-9,15H,4-5,10-14H2,1-3H3,(H,26,30,31). The summed E-state index contributed by atoms with van der Waals surface area (Å²) in [5.74, 6) is 0.0204. The van der Waals surface area contributed by atoms with Crippen molar-refractivity contribution in [2.45, 2.75) is 66.2 Å². The topological polar surface area (TPSA) is 99.0 Å². The zero-order valence-electron chi connectivity index (χ0n) is 18.7. The Hall–Kier alpha value is -3.23. The summed E-state index contributed by atoms with van der Waals surface area (Å²) in [7, 11) is 0. The fourth-order valence-corrected chi connectivity index (χ4v) is 3.52. The maximum Gasteiger partial charge on any atom is 0.330 e. The molecule has 0 spiro atoms. The molecule has 0 atom stereocenters. The number of imidazole rings is 1. The summed E-state index contributed by atoms with van der Waals surface area (Å²) in [5.41, 5.74) is 0.441. The number of H-pyrrole nitrogens is 1. The van der Waals surface area contributed by atoms with Gasteiger partial charge >= 0.3 is 11.7 Å². The first kappa shape index (κ1) is 23.4. The zero-order valence-corrected chi connectivity index (χ0v) is 18.7. The highest BCUT2D eigenvalue weighted by atomic mass is 19.1. The van der Waals surface area contributed by atoms with Crippen molar-refractivity contribution in [2.24, 2.45) is 5.92 Å². The van der Waals surface area contributed by atoms with Crippen LogP contribution < -0.4 is 11.2 Å². The number of fused-ring (bicyclic) bond motifs is 1. The van der Waals surface area contributed by atoms with Crippen molar-refractivity contribution in [3.63, 3.8) is 0 Å². The van der Waals surface area contributed by atoms with Gasteiger partial charge in [-0.25, -0.2) is 14.2 Å². The van der Waals surface area contributed by atoms with Gasteiger partial charge in [0, 0.05) is 19.5 Å². The number of rotatable bonds is 10. The summed E-state index contributed by atoms with van der Waals surface area (Å²) in [6.45, 7) is 7.11. The first-order chi connectivity index (χ1) is 15.3. The third-order valence-corrected chi connectivity index (χ3v) is 5.11. The number of benzene rings is 1. The molecule has 3 aromatic rings. The summed E-state index contributed by atoms with van der Waals surface area (Å²) in [5, 5.41) is 0. The number of aromatic nitrogens is 4. The van der Waals surface area contributed by atoms with Gasteiger partial charge in [-0.3, -0.25) is 19.1 Å². The average molecular weight is 445 g/mol. The second-order valence-corrected chi connectivity index (χ2v) is 8.26. The van der Waals surface area contributed by atoms with Crippen molar-refractivity contribution in [1.82, 2.24) is 19.1 Å². The molecule has 3 rings (SSSR count). The van der Waals surface area contributed by atoms with Crippen molar-refractivity contribution in [3.05, 3.63) is 62.3 Å². The van der Waals surface area contributed by atoms with E-state index in [4.69, 9.17) is 4.74 Å². The molecule has 0 aliphatic rings. The molecule has 0 amide bonds. The van der Waals surface area contributed by atoms with Crippen molar-refractivity contribution in [1.29, 1.82) is 0 Å². The number of aryl methyl sites for hydroxylation is 2. The van der Waals surface area contributed by atoms with Crippen LogP contribution in [-0.4, -0.2) is 25.1 Å². The van der Waals surface area contributed by atoms with Crippen LogP contribution in [0.5, 0.6) is 0 Å². The molecule has 172 valence electrons. The molecule has 0 fully saturated rings. The van der Waals surface area contributed by atoms with E-state index in [1.165, 1.54) is 16.7 Å². The minimum Gasteiger partial charge on any atom is -0.461 e. The van der Waals surface area contributed by atoms with Gasteiger partial charge < -0.3 is 9.30 Å². The number of ether oxygens (including phenoxy) is 1. The molecule has 0 saturated carbocycles. The second kappa shape index (κ2) is 10.4. The molecule has 0 aliphatic heterocycles. The molecule has 2 aromatic heterocycles. The van der Waals surface area contributed by atoms with Crippen LogP contribution in [0.3, 0.4) is 0 Å². The number of nitrogens with zero attached hydrogens (tertiary/aromatic N) is 3. The van der Waals surface area contributed by atoms with E-state index in [2.05, 4.69) is 9.97 Å². The van der Waals surface area contributed by atoms with Gasteiger partial charge in [0.15, 0.2) is 11.2 Å². The molecule has 0 aliphatic carbocycles. The van der Waals surface area contributed by atoms with E-state index in [1.807, 2.05) is 20.8 Å². The predicted molar refractivity (Wildman–Crippen MR) is 119 cm³/mol. The van der Waals surface area contributed by atoms with Crippen LogP contribution in [0, 0.1) is 11.7 Å².